The normalized spacial score (nSPS) is 11.0. The Kier molecular flexibility index (Phi) is 4.68. The molecule has 4 rings (SSSR count). The smallest absolute Gasteiger partial charge is 0.300 e. The molecule has 2 aromatic heterocycles. The molecule has 2 heterocycles. The second-order valence-corrected chi connectivity index (χ2v) is 7.04. The van der Waals surface area contributed by atoms with E-state index in [1.807, 2.05) is 36.5 Å². The lowest BCUT2D eigenvalue weighted by Gasteiger charge is -2.10. The number of nitrogens with zero attached hydrogens (tertiary/aromatic N) is 4. The predicted octanol–water partition coefficient (Wildman–Crippen LogP) is 3.49. The fourth-order valence-corrected chi connectivity index (χ4v) is 3.79. The van der Waals surface area contributed by atoms with E-state index < -0.39 is 0 Å². The van der Waals surface area contributed by atoms with Gasteiger partial charge in [-0.05, 0) is 24.6 Å². The van der Waals surface area contributed by atoms with E-state index in [4.69, 9.17) is 4.74 Å². The maximum atomic E-state index is 12.9. The molecule has 0 bridgehead atoms. The Hall–Kier alpha value is -3.06. The maximum Gasteiger partial charge on any atom is 0.300 e. The lowest BCUT2D eigenvalue weighted by molar-refractivity contribution is 0.412. The first-order valence-corrected chi connectivity index (χ1v) is 9.44. The molecule has 2 aromatic carbocycles. The monoisotopic (exact) mass is 378 g/mol. The molecule has 7 heteroatoms. The lowest BCUT2D eigenvalue weighted by atomic mass is 10.2. The topological polar surface area (TPSA) is 61.4 Å². The van der Waals surface area contributed by atoms with Crippen LogP contribution in [0.25, 0.3) is 11.3 Å². The first-order chi connectivity index (χ1) is 13.2. The van der Waals surface area contributed by atoms with Crippen LogP contribution >= 0.6 is 11.8 Å². The van der Waals surface area contributed by atoms with Gasteiger partial charge in [0.1, 0.15) is 5.75 Å². The number of ether oxygens (including phenoxy) is 1. The zero-order chi connectivity index (χ0) is 18.8. The van der Waals surface area contributed by atoms with Gasteiger partial charge in [0.2, 0.25) is 5.65 Å². The van der Waals surface area contributed by atoms with Crippen LogP contribution in [0.5, 0.6) is 5.75 Å². The van der Waals surface area contributed by atoms with Crippen molar-refractivity contribution in [3.63, 3.8) is 0 Å². The fourth-order valence-electron chi connectivity index (χ4n) is 2.93. The lowest BCUT2D eigenvalue weighted by Crippen LogP contribution is -2.20. The molecule has 6 nitrogen and oxygen atoms in total. The number of thioether (sulfide) groups is 1. The van der Waals surface area contributed by atoms with Crippen LogP contribution in [0.1, 0.15) is 11.1 Å². The Labute approximate surface area is 160 Å². The van der Waals surface area contributed by atoms with Gasteiger partial charge < -0.3 is 4.74 Å². The van der Waals surface area contributed by atoms with E-state index in [0.717, 1.165) is 5.75 Å². The summed E-state index contributed by atoms with van der Waals surface area (Å²) in [6.45, 7) is 2.07. The molecule has 0 fully saturated rings. The van der Waals surface area contributed by atoms with Gasteiger partial charge in [-0.1, -0.05) is 53.7 Å². The SMILES string of the molecule is COc1ccccc1-n1ccn2c(SCc3cccc(C)c3)nnc2c1=O. The largest absolute Gasteiger partial charge is 0.495 e. The molecule has 0 aliphatic heterocycles. The summed E-state index contributed by atoms with van der Waals surface area (Å²) >= 11 is 1.55. The van der Waals surface area contributed by atoms with E-state index in [0.29, 0.717) is 16.6 Å². The molecule has 0 aliphatic carbocycles. The highest BCUT2D eigenvalue weighted by molar-refractivity contribution is 7.98. The highest BCUT2D eigenvalue weighted by atomic mass is 32.2. The third-order valence-electron chi connectivity index (χ3n) is 4.23. The van der Waals surface area contributed by atoms with Crippen LogP contribution in [0, 0.1) is 6.92 Å². The third-order valence-corrected chi connectivity index (χ3v) is 5.25. The minimum absolute atomic E-state index is 0.239. The second-order valence-electron chi connectivity index (χ2n) is 6.10. The highest BCUT2D eigenvalue weighted by Gasteiger charge is 2.14. The number of aryl methyl sites for hydroxylation is 1. The molecular formula is C20H18N4O2S. The number of fused-ring (bicyclic) bond motifs is 1. The Morgan fingerprint density at radius 3 is 2.74 bits per heavy atom. The number of para-hydroxylation sites is 2. The van der Waals surface area contributed by atoms with Gasteiger partial charge in [0.15, 0.2) is 5.16 Å². The zero-order valence-corrected chi connectivity index (χ0v) is 15.8. The number of hydrogen-bond acceptors (Lipinski definition) is 5. The standard InChI is InChI=1S/C20H18N4O2S/c1-14-6-5-7-15(12-14)13-27-20-22-21-18-19(25)23(10-11-24(18)20)16-8-3-4-9-17(16)26-2/h3-12H,13H2,1-2H3. The van der Waals surface area contributed by atoms with Crippen LogP contribution in [-0.4, -0.2) is 26.3 Å². The summed E-state index contributed by atoms with van der Waals surface area (Å²) in [5, 5.41) is 9.00. The third kappa shape index (κ3) is 3.33. The van der Waals surface area contributed by atoms with Gasteiger partial charge in [-0.15, -0.1) is 10.2 Å². The van der Waals surface area contributed by atoms with E-state index in [1.54, 1.807) is 29.5 Å². The van der Waals surface area contributed by atoms with Crippen molar-refractivity contribution >= 4 is 17.4 Å². The Bertz CT molecular complexity index is 1170. The average Bonchev–Trinajstić information content (AvgIpc) is 3.11. The number of rotatable bonds is 5. The van der Waals surface area contributed by atoms with Crippen molar-refractivity contribution in [2.45, 2.75) is 17.8 Å². The molecule has 27 heavy (non-hydrogen) atoms. The van der Waals surface area contributed by atoms with Gasteiger partial charge in [0.25, 0.3) is 0 Å². The van der Waals surface area contributed by atoms with E-state index in [1.165, 1.54) is 15.7 Å². The van der Waals surface area contributed by atoms with Crippen molar-refractivity contribution in [1.82, 2.24) is 19.2 Å². The molecule has 0 saturated heterocycles. The van der Waals surface area contributed by atoms with E-state index in [-0.39, 0.29) is 11.2 Å². The number of benzene rings is 2. The number of aromatic nitrogens is 4. The first-order valence-electron chi connectivity index (χ1n) is 8.45. The summed E-state index contributed by atoms with van der Waals surface area (Å²) < 4.78 is 8.62. The molecule has 136 valence electrons. The van der Waals surface area contributed by atoms with Gasteiger partial charge in [0, 0.05) is 18.1 Å². The second kappa shape index (κ2) is 7.28. The van der Waals surface area contributed by atoms with Crippen molar-refractivity contribution in [1.29, 1.82) is 0 Å². The van der Waals surface area contributed by atoms with Crippen LogP contribution in [0.4, 0.5) is 0 Å². The van der Waals surface area contributed by atoms with Crippen LogP contribution < -0.4 is 10.3 Å². The molecule has 0 aliphatic rings. The van der Waals surface area contributed by atoms with E-state index in [2.05, 4.69) is 35.3 Å². The molecular weight excluding hydrogens is 360 g/mol. The van der Waals surface area contributed by atoms with Crippen LogP contribution in [0.3, 0.4) is 0 Å². The first kappa shape index (κ1) is 17.4. The summed E-state index contributed by atoms with van der Waals surface area (Å²) in [6, 6.07) is 15.7. The number of hydrogen-bond donors (Lipinski definition) is 0. The Balaban J connectivity index is 1.69. The van der Waals surface area contributed by atoms with E-state index >= 15 is 0 Å². The van der Waals surface area contributed by atoms with Gasteiger partial charge >= 0.3 is 5.56 Å². The van der Waals surface area contributed by atoms with Gasteiger partial charge in [0.05, 0.1) is 12.8 Å². The molecule has 0 amide bonds. The average molecular weight is 378 g/mol. The van der Waals surface area contributed by atoms with Crippen LogP contribution in [0.2, 0.25) is 0 Å². The van der Waals surface area contributed by atoms with Crippen molar-refractivity contribution in [3.05, 3.63) is 82.4 Å². The summed E-state index contributed by atoms with van der Waals surface area (Å²) in [7, 11) is 1.58. The zero-order valence-electron chi connectivity index (χ0n) is 15.0. The van der Waals surface area contributed by atoms with Gasteiger partial charge in [-0.25, -0.2) is 0 Å². The van der Waals surface area contributed by atoms with Crippen molar-refractivity contribution in [3.8, 4) is 11.4 Å². The molecule has 0 radical (unpaired) electrons. The van der Waals surface area contributed by atoms with Gasteiger partial charge in [-0.3, -0.25) is 13.8 Å². The molecule has 0 unspecified atom stereocenters. The van der Waals surface area contributed by atoms with Crippen LogP contribution in [0.15, 0.2) is 70.9 Å². The van der Waals surface area contributed by atoms with Crippen molar-refractivity contribution < 1.29 is 4.74 Å². The molecule has 0 atom stereocenters. The molecule has 0 saturated carbocycles. The summed E-state index contributed by atoms with van der Waals surface area (Å²) in [4.78, 5) is 12.9. The fraction of sp³-hybridized carbons (Fsp3) is 0.150. The predicted molar refractivity (Wildman–Crippen MR) is 106 cm³/mol. The Morgan fingerprint density at radius 2 is 1.93 bits per heavy atom. The van der Waals surface area contributed by atoms with Crippen molar-refractivity contribution in [2.75, 3.05) is 7.11 Å². The van der Waals surface area contributed by atoms with Gasteiger partial charge in [-0.2, -0.15) is 0 Å². The quantitative estimate of drug-likeness (QED) is 0.498. The molecule has 0 N–H and O–H groups in total. The molecule has 4 aromatic rings. The minimum atomic E-state index is -0.239. The van der Waals surface area contributed by atoms with E-state index in [9.17, 15) is 4.79 Å². The minimum Gasteiger partial charge on any atom is -0.495 e. The summed E-state index contributed by atoms with van der Waals surface area (Å²) in [5.41, 5.74) is 3.15. The molecule has 0 spiro atoms. The maximum absolute atomic E-state index is 12.9. The van der Waals surface area contributed by atoms with Crippen LogP contribution in [-0.2, 0) is 5.75 Å². The van der Waals surface area contributed by atoms with Crippen molar-refractivity contribution in [2.24, 2.45) is 0 Å². The Morgan fingerprint density at radius 1 is 1.07 bits per heavy atom. The summed E-state index contributed by atoms with van der Waals surface area (Å²) in [5.74, 6) is 1.38. The summed E-state index contributed by atoms with van der Waals surface area (Å²) in [6.07, 6.45) is 3.52. The number of methoxy groups -OCH3 is 1. The highest BCUT2D eigenvalue weighted by Crippen LogP contribution is 2.23.